The number of aromatic amines is 1. The van der Waals surface area contributed by atoms with E-state index in [1.165, 1.54) is 0 Å². The van der Waals surface area contributed by atoms with Crippen molar-refractivity contribution in [3.05, 3.63) is 70.5 Å². The maximum absolute atomic E-state index is 13.8. The lowest BCUT2D eigenvalue weighted by molar-refractivity contribution is 0.0674. The van der Waals surface area contributed by atoms with Crippen molar-refractivity contribution in [2.24, 2.45) is 5.92 Å². The number of likely N-dealkylation sites (tertiary alicyclic amines) is 1. The van der Waals surface area contributed by atoms with Gasteiger partial charge in [-0.05, 0) is 68.5 Å². The van der Waals surface area contributed by atoms with E-state index < -0.39 is 5.54 Å². The zero-order valence-corrected chi connectivity index (χ0v) is 18.0. The van der Waals surface area contributed by atoms with Gasteiger partial charge in [-0.3, -0.25) is 4.79 Å². The number of nitrogens with zero attached hydrogens (tertiary/aromatic N) is 5. The van der Waals surface area contributed by atoms with E-state index in [-0.39, 0.29) is 5.91 Å². The second-order valence-corrected chi connectivity index (χ2v) is 8.90. The van der Waals surface area contributed by atoms with Crippen molar-refractivity contribution in [2.75, 3.05) is 6.54 Å². The number of nitrogens with one attached hydrogen (secondary N) is 1. The van der Waals surface area contributed by atoms with Crippen molar-refractivity contribution in [2.45, 2.75) is 32.2 Å². The van der Waals surface area contributed by atoms with Crippen LogP contribution in [-0.2, 0) is 5.54 Å². The molecule has 2 atom stereocenters. The smallest absolute Gasteiger partial charge is 0.275 e. The van der Waals surface area contributed by atoms with E-state index in [2.05, 4.69) is 15.1 Å². The van der Waals surface area contributed by atoms with Crippen LogP contribution in [0.2, 0.25) is 5.02 Å². The highest BCUT2D eigenvalue weighted by Gasteiger charge is 2.66. The number of hydrogen-bond donors (Lipinski definition) is 1. The summed E-state index contributed by atoms with van der Waals surface area (Å²) in [7, 11) is 0. The molecule has 1 saturated carbocycles. The molecule has 1 saturated heterocycles. The van der Waals surface area contributed by atoms with Crippen molar-refractivity contribution in [1.29, 1.82) is 0 Å². The van der Waals surface area contributed by atoms with Gasteiger partial charge in [-0.25, -0.2) is 14.6 Å². The topological polar surface area (TPSA) is 79.7 Å². The molecule has 0 spiro atoms. The zero-order valence-electron chi connectivity index (χ0n) is 17.3. The molecule has 7 nitrogen and oxygen atoms in total. The molecule has 3 aromatic heterocycles. The fourth-order valence-electron chi connectivity index (χ4n) is 5.00. The number of fused-ring (bicyclic) bond motifs is 2. The summed E-state index contributed by atoms with van der Waals surface area (Å²) in [5.74, 6) is 1.17. The first-order valence-corrected chi connectivity index (χ1v) is 10.8. The van der Waals surface area contributed by atoms with E-state index in [0.717, 1.165) is 41.0 Å². The molecule has 0 bridgehead atoms. The predicted molar refractivity (Wildman–Crippen MR) is 117 cm³/mol. The Kier molecular flexibility index (Phi) is 3.84. The summed E-state index contributed by atoms with van der Waals surface area (Å²) < 4.78 is 1.69. The Morgan fingerprint density at radius 2 is 2.10 bits per heavy atom. The van der Waals surface area contributed by atoms with Gasteiger partial charge in [-0.1, -0.05) is 11.6 Å². The molecule has 2 fully saturated rings. The molecule has 1 aliphatic heterocycles. The van der Waals surface area contributed by atoms with Gasteiger partial charge in [0.15, 0.2) is 5.69 Å². The third-order valence-corrected chi connectivity index (χ3v) is 7.13. The molecule has 1 aliphatic carbocycles. The number of pyridine rings is 1. The number of carbonyl (C=O) groups excluding carboxylic acids is 1. The molecular formula is C23H21ClN6O. The standard InChI is InChI=1S/C23H21ClN6O/c1-13-4-7-18(30-10-3-9-25-30)20(26-13)21(31)29-11-8-15-12-23(15,29)22-27-17-6-5-16(24)14(2)19(17)28-22/h3-7,9-10,15H,8,11-12H2,1-2H3,(H,27,28)/t15-,23+/m1/s1. The van der Waals surface area contributed by atoms with Crippen molar-refractivity contribution in [3.8, 4) is 5.69 Å². The maximum atomic E-state index is 13.8. The van der Waals surface area contributed by atoms with Crippen LogP contribution in [0.4, 0.5) is 0 Å². The molecular weight excluding hydrogens is 412 g/mol. The van der Waals surface area contributed by atoms with Gasteiger partial charge in [-0.2, -0.15) is 5.10 Å². The first-order chi connectivity index (χ1) is 15.0. The van der Waals surface area contributed by atoms with Gasteiger partial charge in [-0.15, -0.1) is 0 Å². The van der Waals surface area contributed by atoms with E-state index in [4.69, 9.17) is 16.6 Å². The molecule has 4 aromatic rings. The van der Waals surface area contributed by atoms with Crippen molar-refractivity contribution in [3.63, 3.8) is 0 Å². The summed E-state index contributed by atoms with van der Waals surface area (Å²) in [5.41, 5.74) is 4.27. The first kappa shape index (κ1) is 18.6. The van der Waals surface area contributed by atoms with E-state index in [9.17, 15) is 4.79 Å². The SMILES string of the molecule is Cc1ccc(-n2cccn2)c(C(=O)N2CC[C@@H]3C[C@@]32c2nc3c(C)c(Cl)ccc3[nH]2)n1. The average molecular weight is 433 g/mol. The summed E-state index contributed by atoms with van der Waals surface area (Å²) in [6.45, 7) is 4.56. The molecule has 1 amide bonds. The van der Waals surface area contributed by atoms with Crippen LogP contribution in [0.1, 0.15) is 40.4 Å². The van der Waals surface area contributed by atoms with Gasteiger partial charge >= 0.3 is 0 Å². The van der Waals surface area contributed by atoms with Gasteiger partial charge < -0.3 is 9.88 Å². The average Bonchev–Trinajstić information content (AvgIpc) is 3.20. The van der Waals surface area contributed by atoms with Gasteiger partial charge in [0.05, 0.1) is 16.7 Å². The van der Waals surface area contributed by atoms with Crippen molar-refractivity contribution >= 4 is 28.5 Å². The van der Waals surface area contributed by atoms with Crippen LogP contribution >= 0.6 is 11.6 Å². The fourth-order valence-corrected chi connectivity index (χ4v) is 5.15. The molecule has 31 heavy (non-hydrogen) atoms. The highest BCUT2D eigenvalue weighted by molar-refractivity contribution is 6.32. The Balaban J connectivity index is 1.45. The number of imidazole rings is 1. The van der Waals surface area contributed by atoms with Crippen LogP contribution in [-0.4, -0.2) is 42.1 Å². The minimum Gasteiger partial charge on any atom is -0.340 e. The van der Waals surface area contributed by atoms with Crippen LogP contribution in [0.5, 0.6) is 0 Å². The van der Waals surface area contributed by atoms with Gasteiger partial charge in [0.1, 0.15) is 11.4 Å². The predicted octanol–water partition coefficient (Wildman–Crippen LogP) is 4.18. The number of aryl methyl sites for hydroxylation is 2. The number of amides is 1. The minimum atomic E-state index is -0.401. The van der Waals surface area contributed by atoms with Crippen LogP contribution in [0.25, 0.3) is 16.7 Å². The molecule has 6 rings (SSSR count). The number of hydrogen-bond acceptors (Lipinski definition) is 4. The van der Waals surface area contributed by atoms with Crippen LogP contribution in [0.15, 0.2) is 42.7 Å². The number of H-pyrrole nitrogens is 1. The van der Waals surface area contributed by atoms with Crippen molar-refractivity contribution < 1.29 is 4.79 Å². The van der Waals surface area contributed by atoms with Gasteiger partial charge in [0.2, 0.25) is 0 Å². The summed E-state index contributed by atoms with van der Waals surface area (Å²) in [5, 5.41) is 5.01. The molecule has 156 valence electrons. The number of benzene rings is 1. The van der Waals surface area contributed by atoms with Crippen LogP contribution in [0.3, 0.4) is 0 Å². The number of carbonyl (C=O) groups is 1. The van der Waals surface area contributed by atoms with E-state index >= 15 is 0 Å². The third-order valence-electron chi connectivity index (χ3n) is 6.72. The third kappa shape index (κ3) is 2.59. The lowest BCUT2D eigenvalue weighted by atomic mass is 10.1. The largest absolute Gasteiger partial charge is 0.340 e. The molecule has 4 heterocycles. The molecule has 0 radical (unpaired) electrons. The maximum Gasteiger partial charge on any atom is 0.275 e. The Bertz CT molecular complexity index is 1340. The first-order valence-electron chi connectivity index (χ1n) is 10.4. The Labute approximate surface area is 184 Å². The zero-order chi connectivity index (χ0) is 21.3. The molecule has 2 aliphatic rings. The summed E-state index contributed by atoms with van der Waals surface area (Å²) in [6, 6.07) is 9.48. The molecule has 8 heteroatoms. The van der Waals surface area contributed by atoms with Gasteiger partial charge in [0.25, 0.3) is 5.91 Å². The minimum absolute atomic E-state index is 0.0792. The number of piperidine rings is 1. The van der Waals surface area contributed by atoms with Crippen LogP contribution < -0.4 is 0 Å². The van der Waals surface area contributed by atoms with Crippen LogP contribution in [0, 0.1) is 19.8 Å². The normalized spacial score (nSPS) is 22.2. The van der Waals surface area contributed by atoms with E-state index in [0.29, 0.717) is 28.9 Å². The van der Waals surface area contributed by atoms with E-state index in [1.807, 2.05) is 55.3 Å². The second-order valence-electron chi connectivity index (χ2n) is 8.50. The highest BCUT2D eigenvalue weighted by atomic mass is 35.5. The Morgan fingerprint density at radius 3 is 2.87 bits per heavy atom. The number of halogens is 1. The monoisotopic (exact) mass is 432 g/mol. The second kappa shape index (κ2) is 6.40. The lowest BCUT2D eigenvalue weighted by Crippen LogP contribution is -2.40. The lowest BCUT2D eigenvalue weighted by Gasteiger charge is -2.27. The molecule has 1 N–H and O–H groups in total. The van der Waals surface area contributed by atoms with Crippen molar-refractivity contribution in [1.82, 2.24) is 29.6 Å². The van der Waals surface area contributed by atoms with E-state index in [1.54, 1.807) is 10.9 Å². The summed E-state index contributed by atoms with van der Waals surface area (Å²) >= 11 is 6.31. The number of rotatable bonds is 3. The van der Waals surface area contributed by atoms with Gasteiger partial charge in [0, 0.05) is 29.7 Å². The quantitative estimate of drug-likeness (QED) is 0.526. The molecule has 0 unspecified atom stereocenters. The Hall–Kier alpha value is -3.19. The fraction of sp³-hybridized carbons (Fsp3) is 0.304. The molecule has 1 aromatic carbocycles. The summed E-state index contributed by atoms with van der Waals surface area (Å²) in [4.78, 5) is 28.8. The Morgan fingerprint density at radius 1 is 1.23 bits per heavy atom. The highest BCUT2D eigenvalue weighted by Crippen LogP contribution is 2.62. The number of aromatic nitrogens is 5. The summed E-state index contributed by atoms with van der Waals surface area (Å²) in [6.07, 6.45) is 5.40.